The third-order valence-corrected chi connectivity index (χ3v) is 6.26. The zero-order valence-corrected chi connectivity index (χ0v) is 22.1. The van der Waals surface area contributed by atoms with Crippen LogP contribution in [0, 0.1) is 0 Å². The Labute approximate surface area is 235 Å². The first kappa shape index (κ1) is 26.5. The molecule has 5 aromatic carbocycles. The van der Waals surface area contributed by atoms with Gasteiger partial charge >= 0.3 is 0 Å². The lowest BCUT2D eigenvalue weighted by atomic mass is 10.2. The third kappa shape index (κ3) is 7.71. The Hall–Kier alpha value is -5.09. The number of rotatable bonds is 12. The molecule has 40 heavy (non-hydrogen) atoms. The van der Waals surface area contributed by atoms with E-state index in [0.29, 0.717) is 36.9 Å². The predicted molar refractivity (Wildman–Crippen MR) is 159 cm³/mol. The number of carbonyl (C=O) groups excluding carboxylic acids is 1. The summed E-state index contributed by atoms with van der Waals surface area (Å²) < 4.78 is 18.0. The van der Waals surface area contributed by atoms with Crippen molar-refractivity contribution in [1.29, 1.82) is 0 Å². The number of hydrogen-bond acceptors (Lipinski definition) is 4. The van der Waals surface area contributed by atoms with E-state index in [1.54, 1.807) is 30.4 Å². The maximum absolute atomic E-state index is 13.2. The number of ketones is 1. The molecule has 4 nitrogen and oxygen atoms in total. The normalized spacial score (nSPS) is 10.8. The van der Waals surface area contributed by atoms with Gasteiger partial charge in [0.25, 0.3) is 0 Å². The van der Waals surface area contributed by atoms with Crippen LogP contribution in [-0.2, 0) is 19.8 Å². The summed E-state index contributed by atoms with van der Waals surface area (Å²) in [5.41, 5.74) is 4.56. The van der Waals surface area contributed by atoms with Crippen molar-refractivity contribution in [2.24, 2.45) is 0 Å². The molecule has 0 atom stereocenters. The lowest BCUT2D eigenvalue weighted by Gasteiger charge is -2.13. The molecule has 0 bridgehead atoms. The molecule has 4 heteroatoms. The number of hydrogen-bond donors (Lipinski definition) is 0. The molecule has 0 radical (unpaired) electrons. The monoisotopic (exact) mass is 529 g/mol. The summed E-state index contributed by atoms with van der Waals surface area (Å²) in [6.45, 7) is 1.28. The van der Waals surface area contributed by atoms with E-state index >= 15 is 0 Å². The first-order valence-corrected chi connectivity index (χ1v) is 13.2. The zero-order chi connectivity index (χ0) is 27.4. The largest absolute Gasteiger partial charge is 0.489 e. The highest BCUT2D eigenvalue weighted by atomic mass is 16.5. The fraction of sp³-hybridized carbons (Fsp3) is 0.0833. The second-order valence-electron chi connectivity index (χ2n) is 9.25. The molecule has 0 N–H and O–H groups in total. The molecule has 0 unspecified atom stereocenters. The molecule has 0 aliphatic heterocycles. The average molecular weight is 530 g/mol. The van der Waals surface area contributed by atoms with E-state index in [4.69, 9.17) is 14.2 Å². The number of benzene rings is 5. The van der Waals surface area contributed by atoms with E-state index in [1.807, 2.05) is 115 Å². The van der Waals surface area contributed by atoms with Gasteiger partial charge in [-0.15, -0.1) is 0 Å². The van der Waals surface area contributed by atoms with Gasteiger partial charge in [-0.1, -0.05) is 109 Å². The van der Waals surface area contributed by atoms with Crippen molar-refractivity contribution in [3.05, 3.63) is 167 Å². The standard InChI is InChI=1S/C36H30O4/c37-35(23-18-28-16-19-32(20-17-28)38-25-29-10-4-1-5-11-29)34-22-21-33(39-26-30-12-6-2-7-13-30)24-36(34)40-27-31-14-8-3-9-15-31/h1-24H,25-27H2/b23-18+/i18+1,23+1,35+1. The van der Waals surface area contributed by atoms with Gasteiger partial charge < -0.3 is 14.2 Å². The summed E-state index contributed by atoms with van der Waals surface area (Å²) in [5.74, 6) is 1.74. The number of carbonyl (C=O) groups is 1. The molecular weight excluding hydrogens is 499 g/mol. The molecular formula is C36H30O4. The SMILES string of the molecule is O=[13C](/[13CH]=[13CH]/c1ccc(OCc2ccccc2)cc1)c1ccc(OCc2ccccc2)cc1OCc1ccccc1. The van der Waals surface area contributed by atoms with E-state index in [1.165, 1.54) is 0 Å². The maximum Gasteiger partial charge on any atom is 0.189 e. The van der Waals surface area contributed by atoms with Crippen molar-refractivity contribution < 1.29 is 19.0 Å². The molecule has 0 fully saturated rings. The molecule has 198 valence electrons. The maximum atomic E-state index is 13.2. The van der Waals surface area contributed by atoms with Crippen LogP contribution in [0.15, 0.2) is 140 Å². The van der Waals surface area contributed by atoms with Gasteiger partial charge in [0, 0.05) is 6.07 Å². The van der Waals surface area contributed by atoms with E-state index in [-0.39, 0.29) is 5.78 Å². The molecule has 0 aromatic heterocycles. The molecule has 0 aliphatic rings. The van der Waals surface area contributed by atoms with Gasteiger partial charge in [0.05, 0.1) is 5.56 Å². The molecule has 0 amide bonds. The Balaban J connectivity index is 1.27. The van der Waals surface area contributed by atoms with Gasteiger partial charge in [-0.2, -0.15) is 0 Å². The lowest BCUT2D eigenvalue weighted by molar-refractivity contribution is 0.104. The van der Waals surface area contributed by atoms with Gasteiger partial charge in [0.1, 0.15) is 37.1 Å². The van der Waals surface area contributed by atoms with Crippen molar-refractivity contribution in [2.75, 3.05) is 0 Å². The Morgan fingerprint density at radius 1 is 0.525 bits per heavy atom. The summed E-state index contributed by atoms with van der Waals surface area (Å²) in [4.78, 5) is 13.2. The summed E-state index contributed by atoms with van der Waals surface area (Å²) in [7, 11) is 0. The second kappa shape index (κ2) is 13.6. The van der Waals surface area contributed by atoms with E-state index in [0.717, 1.165) is 28.0 Å². The minimum Gasteiger partial charge on any atom is -0.489 e. The highest BCUT2D eigenvalue weighted by Gasteiger charge is 2.13. The van der Waals surface area contributed by atoms with Crippen molar-refractivity contribution in [3.8, 4) is 17.2 Å². The summed E-state index contributed by atoms with van der Waals surface area (Å²) >= 11 is 0. The van der Waals surface area contributed by atoms with E-state index in [2.05, 4.69) is 0 Å². The smallest absolute Gasteiger partial charge is 0.189 e. The van der Waals surface area contributed by atoms with Crippen LogP contribution in [-0.4, -0.2) is 5.78 Å². The summed E-state index contributed by atoms with van der Waals surface area (Å²) in [5, 5.41) is 0. The first-order valence-electron chi connectivity index (χ1n) is 13.2. The van der Waals surface area contributed by atoms with Gasteiger partial charge in [-0.25, -0.2) is 0 Å². The van der Waals surface area contributed by atoms with Crippen molar-refractivity contribution in [2.45, 2.75) is 19.8 Å². The van der Waals surface area contributed by atoms with Crippen LogP contribution in [0.3, 0.4) is 0 Å². The van der Waals surface area contributed by atoms with Crippen molar-refractivity contribution >= 4 is 11.9 Å². The minimum atomic E-state index is -0.151. The second-order valence-corrected chi connectivity index (χ2v) is 9.25. The Kier molecular flexibility index (Phi) is 9.03. The average Bonchev–Trinajstić information content (AvgIpc) is 3.02. The quantitative estimate of drug-likeness (QED) is 0.0926. The topological polar surface area (TPSA) is 44.8 Å². The summed E-state index contributed by atoms with van der Waals surface area (Å²) in [6, 6.07) is 42.9. The number of ether oxygens (including phenoxy) is 3. The van der Waals surface area contributed by atoms with Crippen LogP contribution in [0.5, 0.6) is 17.2 Å². The zero-order valence-electron chi connectivity index (χ0n) is 22.1. The Morgan fingerprint density at radius 3 is 1.55 bits per heavy atom. The third-order valence-electron chi connectivity index (χ3n) is 6.26. The first-order chi connectivity index (χ1) is 19.7. The van der Waals surface area contributed by atoms with Gasteiger partial charge in [-0.3, -0.25) is 4.79 Å². The van der Waals surface area contributed by atoms with Crippen LogP contribution in [0.4, 0.5) is 0 Å². The van der Waals surface area contributed by atoms with Crippen LogP contribution < -0.4 is 14.2 Å². The van der Waals surface area contributed by atoms with E-state index in [9.17, 15) is 4.79 Å². The summed E-state index contributed by atoms with van der Waals surface area (Å²) in [6.07, 6.45) is 3.36. The van der Waals surface area contributed by atoms with Gasteiger partial charge in [0.15, 0.2) is 5.78 Å². The van der Waals surface area contributed by atoms with Crippen LogP contribution in [0.25, 0.3) is 6.08 Å². The fourth-order valence-corrected chi connectivity index (χ4v) is 4.07. The van der Waals surface area contributed by atoms with Crippen LogP contribution in [0.2, 0.25) is 0 Å². The molecule has 0 heterocycles. The van der Waals surface area contributed by atoms with Gasteiger partial charge in [-0.05, 0) is 52.6 Å². The van der Waals surface area contributed by atoms with Gasteiger partial charge in [0.2, 0.25) is 0 Å². The molecule has 0 saturated carbocycles. The molecule has 0 spiro atoms. The minimum absolute atomic E-state index is 0.151. The molecule has 0 saturated heterocycles. The predicted octanol–water partition coefficient (Wildman–Crippen LogP) is 8.32. The Bertz CT molecular complexity index is 1530. The number of allylic oxidation sites excluding steroid dienone is 1. The molecule has 5 aromatic rings. The van der Waals surface area contributed by atoms with Crippen LogP contribution >= 0.6 is 0 Å². The lowest BCUT2D eigenvalue weighted by Crippen LogP contribution is -2.04. The van der Waals surface area contributed by atoms with E-state index < -0.39 is 0 Å². The highest BCUT2D eigenvalue weighted by Crippen LogP contribution is 2.28. The fourth-order valence-electron chi connectivity index (χ4n) is 4.07. The molecule has 0 aliphatic carbocycles. The van der Waals surface area contributed by atoms with Crippen molar-refractivity contribution in [1.82, 2.24) is 0 Å². The molecule has 5 rings (SSSR count). The van der Waals surface area contributed by atoms with Crippen molar-refractivity contribution in [3.63, 3.8) is 0 Å². The van der Waals surface area contributed by atoms with Crippen LogP contribution in [0.1, 0.15) is 32.6 Å². The highest BCUT2D eigenvalue weighted by molar-refractivity contribution is 6.08. The Morgan fingerprint density at radius 2 is 1.00 bits per heavy atom.